The summed E-state index contributed by atoms with van der Waals surface area (Å²) in [4.78, 5) is 4.31. The third-order valence-corrected chi connectivity index (χ3v) is 2.85. The molecule has 0 unspecified atom stereocenters. The second-order valence-electron chi connectivity index (χ2n) is 4.26. The van der Waals surface area contributed by atoms with Gasteiger partial charge in [0.05, 0.1) is 12.8 Å². The average Bonchev–Trinajstić information content (AvgIpc) is 2.46. The molecule has 0 saturated carbocycles. The lowest BCUT2D eigenvalue weighted by Gasteiger charge is -2.10. The number of nitrogens with two attached hydrogens (primary N) is 1. The molecule has 0 aliphatic heterocycles. The van der Waals surface area contributed by atoms with E-state index < -0.39 is 0 Å². The van der Waals surface area contributed by atoms with Crippen molar-refractivity contribution in [2.24, 2.45) is 5.73 Å². The van der Waals surface area contributed by atoms with Gasteiger partial charge >= 0.3 is 0 Å². The first-order valence-corrected chi connectivity index (χ1v) is 6.15. The van der Waals surface area contributed by atoms with Crippen LogP contribution in [-0.2, 0) is 13.2 Å². The highest BCUT2D eigenvalue weighted by Gasteiger charge is 2.03. The maximum atomic E-state index is 5.79. The molecule has 1 aromatic carbocycles. The van der Waals surface area contributed by atoms with Gasteiger partial charge < -0.3 is 15.2 Å². The average molecular weight is 258 g/mol. The zero-order valence-corrected chi connectivity index (χ0v) is 11.2. The van der Waals surface area contributed by atoms with Gasteiger partial charge in [-0.1, -0.05) is 18.2 Å². The van der Waals surface area contributed by atoms with Gasteiger partial charge in [-0.15, -0.1) is 0 Å². The zero-order valence-electron chi connectivity index (χ0n) is 11.2. The van der Waals surface area contributed by atoms with Crippen LogP contribution < -0.4 is 15.2 Å². The highest BCUT2D eigenvalue weighted by molar-refractivity contribution is 5.36. The van der Waals surface area contributed by atoms with Gasteiger partial charge in [-0.05, 0) is 30.2 Å². The van der Waals surface area contributed by atoms with Crippen molar-refractivity contribution >= 4 is 0 Å². The first kappa shape index (κ1) is 13.4. The minimum absolute atomic E-state index is 0.409. The first-order chi connectivity index (χ1) is 9.22. The fourth-order valence-corrected chi connectivity index (χ4v) is 1.73. The van der Waals surface area contributed by atoms with Gasteiger partial charge in [-0.2, -0.15) is 0 Å². The Morgan fingerprint density at radius 2 is 2.05 bits per heavy atom. The summed E-state index contributed by atoms with van der Waals surface area (Å²) in [6.07, 6.45) is 0. The van der Waals surface area contributed by atoms with Crippen molar-refractivity contribution in [3.63, 3.8) is 0 Å². The van der Waals surface area contributed by atoms with Gasteiger partial charge in [0, 0.05) is 12.6 Å². The Morgan fingerprint density at radius 3 is 2.79 bits per heavy atom. The van der Waals surface area contributed by atoms with Crippen molar-refractivity contribution in [1.29, 1.82) is 0 Å². The topological polar surface area (TPSA) is 57.4 Å². The van der Waals surface area contributed by atoms with E-state index in [1.54, 1.807) is 7.11 Å². The standard InChI is InChI=1S/C15H18N2O2/c1-11-6-7-12(9-16)8-14(11)19-10-13-4-3-5-15(17-13)18-2/h3-8H,9-10,16H2,1-2H3. The lowest BCUT2D eigenvalue weighted by Crippen LogP contribution is -2.02. The van der Waals surface area contributed by atoms with Crippen LogP contribution in [0.4, 0.5) is 0 Å². The van der Waals surface area contributed by atoms with Gasteiger partial charge in [0.25, 0.3) is 0 Å². The van der Waals surface area contributed by atoms with Crippen molar-refractivity contribution in [1.82, 2.24) is 4.98 Å². The zero-order chi connectivity index (χ0) is 13.7. The van der Waals surface area contributed by atoms with Crippen LogP contribution in [0.2, 0.25) is 0 Å². The smallest absolute Gasteiger partial charge is 0.213 e. The van der Waals surface area contributed by atoms with Crippen LogP contribution in [0.5, 0.6) is 11.6 Å². The summed E-state index contributed by atoms with van der Waals surface area (Å²) in [6.45, 7) is 2.93. The molecular weight excluding hydrogens is 240 g/mol. The maximum Gasteiger partial charge on any atom is 0.213 e. The molecule has 0 atom stereocenters. The number of ether oxygens (including phenoxy) is 2. The highest BCUT2D eigenvalue weighted by atomic mass is 16.5. The summed E-state index contributed by atoms with van der Waals surface area (Å²) in [7, 11) is 1.60. The molecule has 0 aliphatic rings. The van der Waals surface area contributed by atoms with E-state index in [1.165, 1.54) is 0 Å². The van der Waals surface area contributed by atoms with Crippen LogP contribution >= 0.6 is 0 Å². The Balaban J connectivity index is 2.09. The molecular formula is C15H18N2O2. The van der Waals surface area contributed by atoms with Crippen molar-refractivity contribution in [2.45, 2.75) is 20.1 Å². The molecule has 0 bridgehead atoms. The third-order valence-electron chi connectivity index (χ3n) is 2.85. The molecule has 0 saturated heterocycles. The summed E-state index contributed by atoms with van der Waals surface area (Å²) in [5.74, 6) is 1.43. The first-order valence-electron chi connectivity index (χ1n) is 6.15. The van der Waals surface area contributed by atoms with E-state index in [0.29, 0.717) is 19.0 Å². The monoisotopic (exact) mass is 258 g/mol. The van der Waals surface area contributed by atoms with Gasteiger partial charge in [-0.25, -0.2) is 4.98 Å². The number of aryl methyl sites for hydroxylation is 1. The largest absolute Gasteiger partial charge is 0.487 e. The van der Waals surface area contributed by atoms with Crippen LogP contribution in [0.3, 0.4) is 0 Å². The summed E-state index contributed by atoms with van der Waals surface area (Å²) in [5.41, 5.74) is 8.60. The molecule has 0 fully saturated rings. The summed E-state index contributed by atoms with van der Waals surface area (Å²) in [6, 6.07) is 11.6. The van der Waals surface area contributed by atoms with Crippen molar-refractivity contribution in [3.05, 3.63) is 53.2 Å². The number of rotatable bonds is 5. The second kappa shape index (κ2) is 6.20. The lowest BCUT2D eigenvalue weighted by molar-refractivity contribution is 0.296. The predicted molar refractivity (Wildman–Crippen MR) is 74.2 cm³/mol. The minimum atomic E-state index is 0.409. The fourth-order valence-electron chi connectivity index (χ4n) is 1.73. The molecule has 1 heterocycles. The number of pyridine rings is 1. The molecule has 2 rings (SSSR count). The molecule has 0 spiro atoms. The van der Waals surface area contributed by atoms with E-state index >= 15 is 0 Å². The summed E-state index contributed by atoms with van der Waals surface area (Å²) in [5, 5.41) is 0. The summed E-state index contributed by atoms with van der Waals surface area (Å²) < 4.78 is 10.9. The molecule has 19 heavy (non-hydrogen) atoms. The second-order valence-corrected chi connectivity index (χ2v) is 4.26. The Labute approximate surface area is 113 Å². The Hall–Kier alpha value is -2.07. The van der Waals surface area contributed by atoms with E-state index in [1.807, 2.05) is 43.3 Å². The number of nitrogens with zero attached hydrogens (tertiary/aromatic N) is 1. The number of hydrogen-bond donors (Lipinski definition) is 1. The van der Waals surface area contributed by atoms with Crippen molar-refractivity contribution < 1.29 is 9.47 Å². The minimum Gasteiger partial charge on any atom is -0.487 e. The number of hydrogen-bond acceptors (Lipinski definition) is 4. The number of methoxy groups -OCH3 is 1. The van der Waals surface area contributed by atoms with E-state index in [9.17, 15) is 0 Å². The van der Waals surface area contributed by atoms with Crippen LogP contribution in [0, 0.1) is 6.92 Å². The Bertz CT molecular complexity index is 556. The van der Waals surface area contributed by atoms with Gasteiger partial charge in [0.1, 0.15) is 12.4 Å². The van der Waals surface area contributed by atoms with Crippen LogP contribution in [0.25, 0.3) is 0 Å². The SMILES string of the molecule is COc1cccc(COc2cc(CN)ccc2C)n1. The van der Waals surface area contributed by atoms with E-state index in [-0.39, 0.29) is 0 Å². The van der Waals surface area contributed by atoms with Gasteiger partial charge in [0.15, 0.2) is 0 Å². The predicted octanol–water partition coefficient (Wildman–Crippen LogP) is 2.44. The Morgan fingerprint density at radius 1 is 1.21 bits per heavy atom. The van der Waals surface area contributed by atoms with Crippen LogP contribution in [-0.4, -0.2) is 12.1 Å². The van der Waals surface area contributed by atoms with E-state index in [4.69, 9.17) is 15.2 Å². The third kappa shape index (κ3) is 3.45. The number of aromatic nitrogens is 1. The van der Waals surface area contributed by atoms with E-state index in [2.05, 4.69) is 4.98 Å². The molecule has 2 N–H and O–H groups in total. The molecule has 1 aromatic heterocycles. The molecule has 0 amide bonds. The molecule has 4 nitrogen and oxygen atoms in total. The highest BCUT2D eigenvalue weighted by Crippen LogP contribution is 2.20. The van der Waals surface area contributed by atoms with Gasteiger partial charge in [-0.3, -0.25) is 0 Å². The quantitative estimate of drug-likeness (QED) is 0.895. The summed E-state index contributed by atoms with van der Waals surface area (Å²) >= 11 is 0. The molecule has 2 aromatic rings. The number of benzene rings is 1. The van der Waals surface area contributed by atoms with E-state index in [0.717, 1.165) is 22.6 Å². The normalized spacial score (nSPS) is 10.3. The van der Waals surface area contributed by atoms with Crippen LogP contribution in [0.15, 0.2) is 36.4 Å². The molecule has 4 heteroatoms. The fraction of sp³-hybridized carbons (Fsp3) is 0.267. The maximum absolute atomic E-state index is 5.79. The Kier molecular flexibility index (Phi) is 4.36. The molecule has 100 valence electrons. The van der Waals surface area contributed by atoms with Crippen molar-refractivity contribution in [2.75, 3.05) is 7.11 Å². The van der Waals surface area contributed by atoms with Crippen molar-refractivity contribution in [3.8, 4) is 11.6 Å². The lowest BCUT2D eigenvalue weighted by atomic mass is 10.1. The molecule has 0 radical (unpaired) electrons. The molecule has 0 aliphatic carbocycles. The van der Waals surface area contributed by atoms with Crippen LogP contribution in [0.1, 0.15) is 16.8 Å². The van der Waals surface area contributed by atoms with Gasteiger partial charge in [0.2, 0.25) is 5.88 Å².